The van der Waals surface area contributed by atoms with Crippen LogP contribution in [0, 0.1) is 5.82 Å². The second kappa shape index (κ2) is 5.37. The molecule has 0 aliphatic rings. The highest BCUT2D eigenvalue weighted by molar-refractivity contribution is 7.99. The molecule has 6 heteroatoms. The van der Waals surface area contributed by atoms with Crippen LogP contribution in [0.25, 0.3) is 0 Å². The van der Waals surface area contributed by atoms with Crippen molar-refractivity contribution in [3.8, 4) is 0 Å². The van der Waals surface area contributed by atoms with Crippen molar-refractivity contribution in [2.45, 2.75) is 9.92 Å². The van der Waals surface area contributed by atoms with Crippen LogP contribution in [-0.2, 0) is 0 Å². The SMILES string of the molecule is O=C(O)c1ccc(F)c(Sc2ncccc2Cl)c1. The summed E-state index contributed by atoms with van der Waals surface area (Å²) in [5, 5.41) is 9.67. The van der Waals surface area contributed by atoms with Crippen molar-refractivity contribution >= 4 is 29.3 Å². The molecule has 1 aromatic heterocycles. The summed E-state index contributed by atoms with van der Waals surface area (Å²) in [5.74, 6) is -1.62. The van der Waals surface area contributed by atoms with Crippen LogP contribution in [0.4, 0.5) is 4.39 Å². The number of carbonyl (C=O) groups is 1. The van der Waals surface area contributed by atoms with Crippen LogP contribution >= 0.6 is 23.4 Å². The molecule has 0 saturated heterocycles. The average Bonchev–Trinajstić information content (AvgIpc) is 2.34. The summed E-state index contributed by atoms with van der Waals surface area (Å²) in [6.45, 7) is 0. The molecule has 0 aliphatic heterocycles. The fraction of sp³-hybridized carbons (Fsp3) is 0. The van der Waals surface area contributed by atoms with Crippen LogP contribution < -0.4 is 0 Å². The summed E-state index contributed by atoms with van der Waals surface area (Å²) in [7, 11) is 0. The third-order valence-electron chi connectivity index (χ3n) is 2.11. The number of benzene rings is 1. The lowest BCUT2D eigenvalue weighted by Gasteiger charge is -2.05. The summed E-state index contributed by atoms with van der Waals surface area (Å²) >= 11 is 6.90. The van der Waals surface area contributed by atoms with E-state index < -0.39 is 11.8 Å². The minimum absolute atomic E-state index is 0.0194. The largest absolute Gasteiger partial charge is 0.478 e. The number of nitrogens with zero attached hydrogens (tertiary/aromatic N) is 1. The van der Waals surface area contributed by atoms with Gasteiger partial charge in [0.1, 0.15) is 10.8 Å². The molecular weight excluding hydrogens is 277 g/mol. The first-order valence-electron chi connectivity index (χ1n) is 4.89. The Morgan fingerprint density at radius 2 is 2.17 bits per heavy atom. The predicted octanol–water partition coefficient (Wildman–Crippen LogP) is 3.72. The number of hydrogen-bond donors (Lipinski definition) is 1. The van der Waals surface area contributed by atoms with E-state index in [4.69, 9.17) is 16.7 Å². The zero-order valence-corrected chi connectivity index (χ0v) is 10.5. The van der Waals surface area contributed by atoms with Gasteiger partial charge in [-0.3, -0.25) is 0 Å². The molecule has 1 aromatic carbocycles. The molecule has 0 spiro atoms. The van der Waals surface area contributed by atoms with Gasteiger partial charge in [-0.1, -0.05) is 23.4 Å². The van der Waals surface area contributed by atoms with E-state index in [1.807, 2.05) is 0 Å². The van der Waals surface area contributed by atoms with E-state index in [0.717, 1.165) is 17.8 Å². The van der Waals surface area contributed by atoms with Gasteiger partial charge in [0.25, 0.3) is 0 Å². The lowest BCUT2D eigenvalue weighted by Crippen LogP contribution is -1.97. The number of aromatic carboxylic acids is 1. The number of aromatic nitrogens is 1. The average molecular weight is 284 g/mol. The van der Waals surface area contributed by atoms with Gasteiger partial charge in [-0.2, -0.15) is 0 Å². The van der Waals surface area contributed by atoms with Crippen molar-refractivity contribution in [1.29, 1.82) is 0 Å². The smallest absolute Gasteiger partial charge is 0.335 e. The minimum Gasteiger partial charge on any atom is -0.478 e. The minimum atomic E-state index is -1.11. The maximum atomic E-state index is 13.6. The van der Waals surface area contributed by atoms with Crippen molar-refractivity contribution in [2.24, 2.45) is 0 Å². The van der Waals surface area contributed by atoms with Crippen LogP contribution in [-0.4, -0.2) is 16.1 Å². The van der Waals surface area contributed by atoms with E-state index in [1.165, 1.54) is 18.3 Å². The maximum Gasteiger partial charge on any atom is 0.335 e. The van der Waals surface area contributed by atoms with Gasteiger partial charge in [-0.15, -0.1) is 0 Å². The Balaban J connectivity index is 2.37. The summed E-state index contributed by atoms with van der Waals surface area (Å²) in [6, 6.07) is 6.88. The molecule has 2 aromatic rings. The highest BCUT2D eigenvalue weighted by Gasteiger charge is 2.11. The Morgan fingerprint density at radius 1 is 1.39 bits per heavy atom. The van der Waals surface area contributed by atoms with Crippen molar-refractivity contribution in [3.05, 3.63) is 52.9 Å². The number of halogens is 2. The summed E-state index contributed by atoms with van der Waals surface area (Å²) < 4.78 is 13.6. The maximum absolute atomic E-state index is 13.6. The van der Waals surface area contributed by atoms with Crippen molar-refractivity contribution in [3.63, 3.8) is 0 Å². The standard InChI is InChI=1S/C12H7ClFNO2S/c13-8-2-1-5-15-11(8)18-10-6-7(12(16)17)3-4-9(10)14/h1-6H,(H,16,17). The summed E-state index contributed by atoms with van der Waals surface area (Å²) in [5.41, 5.74) is 0.0194. The second-order valence-electron chi connectivity index (χ2n) is 3.34. The van der Waals surface area contributed by atoms with Gasteiger partial charge in [-0.05, 0) is 30.3 Å². The molecule has 1 heterocycles. The van der Waals surface area contributed by atoms with Gasteiger partial charge in [0.05, 0.1) is 15.5 Å². The van der Waals surface area contributed by atoms with Crippen molar-refractivity contribution < 1.29 is 14.3 Å². The molecule has 0 atom stereocenters. The molecule has 0 bridgehead atoms. The van der Waals surface area contributed by atoms with Gasteiger partial charge in [0.2, 0.25) is 0 Å². The molecule has 0 unspecified atom stereocenters. The third kappa shape index (κ3) is 2.80. The lowest BCUT2D eigenvalue weighted by molar-refractivity contribution is 0.0696. The van der Waals surface area contributed by atoms with Gasteiger partial charge in [-0.25, -0.2) is 14.2 Å². The molecule has 0 aliphatic carbocycles. The zero-order valence-electron chi connectivity index (χ0n) is 8.93. The van der Waals surface area contributed by atoms with E-state index >= 15 is 0 Å². The number of carboxylic acids is 1. The first kappa shape index (κ1) is 12.9. The Bertz CT molecular complexity index is 606. The Labute approximate surface area is 112 Å². The van der Waals surface area contributed by atoms with Gasteiger partial charge >= 0.3 is 5.97 Å². The molecule has 2 rings (SSSR count). The Morgan fingerprint density at radius 3 is 2.83 bits per heavy atom. The van der Waals surface area contributed by atoms with Gasteiger partial charge in [0, 0.05) is 6.20 Å². The first-order valence-corrected chi connectivity index (χ1v) is 6.08. The summed E-state index contributed by atoms with van der Waals surface area (Å²) in [6.07, 6.45) is 1.53. The number of carboxylic acid groups (broad SMARTS) is 1. The Kier molecular flexibility index (Phi) is 3.84. The molecular formula is C12H7ClFNO2S. The van der Waals surface area contributed by atoms with Crippen molar-refractivity contribution in [2.75, 3.05) is 0 Å². The van der Waals surface area contributed by atoms with Crippen LogP contribution in [0.15, 0.2) is 46.5 Å². The molecule has 3 nitrogen and oxygen atoms in total. The first-order chi connectivity index (χ1) is 8.58. The lowest BCUT2D eigenvalue weighted by atomic mass is 10.2. The third-order valence-corrected chi connectivity index (χ3v) is 3.58. The molecule has 92 valence electrons. The molecule has 0 fully saturated rings. The number of pyridine rings is 1. The van der Waals surface area contributed by atoms with Crippen LogP contribution in [0.3, 0.4) is 0 Å². The number of hydrogen-bond acceptors (Lipinski definition) is 3. The molecule has 18 heavy (non-hydrogen) atoms. The number of rotatable bonds is 3. The molecule has 0 radical (unpaired) electrons. The highest BCUT2D eigenvalue weighted by atomic mass is 35.5. The monoisotopic (exact) mass is 283 g/mol. The highest BCUT2D eigenvalue weighted by Crippen LogP contribution is 2.33. The summed E-state index contributed by atoms with van der Waals surface area (Å²) in [4.78, 5) is 15.0. The zero-order chi connectivity index (χ0) is 13.1. The van der Waals surface area contributed by atoms with Crippen LogP contribution in [0.5, 0.6) is 0 Å². The van der Waals surface area contributed by atoms with Gasteiger partial charge in [0.15, 0.2) is 0 Å². The van der Waals surface area contributed by atoms with E-state index in [9.17, 15) is 9.18 Å². The van der Waals surface area contributed by atoms with Gasteiger partial charge < -0.3 is 5.11 Å². The van der Waals surface area contributed by atoms with Crippen LogP contribution in [0.2, 0.25) is 5.02 Å². The van der Waals surface area contributed by atoms with E-state index in [1.54, 1.807) is 12.1 Å². The normalized spacial score (nSPS) is 10.3. The quantitative estimate of drug-likeness (QED) is 0.932. The Hall–Kier alpha value is -1.59. The van der Waals surface area contributed by atoms with Crippen LogP contribution in [0.1, 0.15) is 10.4 Å². The van der Waals surface area contributed by atoms with E-state index in [-0.39, 0.29) is 10.5 Å². The molecule has 1 N–H and O–H groups in total. The second-order valence-corrected chi connectivity index (χ2v) is 4.78. The predicted molar refractivity (Wildman–Crippen MR) is 66.7 cm³/mol. The molecule has 0 amide bonds. The fourth-order valence-electron chi connectivity index (χ4n) is 1.27. The van der Waals surface area contributed by atoms with E-state index in [2.05, 4.69) is 4.98 Å². The van der Waals surface area contributed by atoms with Crippen molar-refractivity contribution in [1.82, 2.24) is 4.98 Å². The topological polar surface area (TPSA) is 50.2 Å². The van der Waals surface area contributed by atoms with E-state index in [0.29, 0.717) is 10.0 Å². The molecule has 0 saturated carbocycles. The fourth-order valence-corrected chi connectivity index (χ4v) is 2.34.